The van der Waals surface area contributed by atoms with Gasteiger partial charge >= 0.3 is 6.03 Å². The highest BCUT2D eigenvalue weighted by Gasteiger charge is 2.22. The summed E-state index contributed by atoms with van der Waals surface area (Å²) in [5, 5.41) is 4.95. The fourth-order valence-electron chi connectivity index (χ4n) is 3.43. The van der Waals surface area contributed by atoms with Crippen molar-refractivity contribution in [3.63, 3.8) is 0 Å². The fraction of sp³-hybridized carbons (Fsp3) is 0.308. The number of rotatable bonds is 12. The highest BCUT2D eigenvalue weighted by Crippen LogP contribution is 2.15. The summed E-state index contributed by atoms with van der Waals surface area (Å²) in [6.45, 7) is 2.41. The van der Waals surface area contributed by atoms with Crippen molar-refractivity contribution in [2.75, 3.05) is 26.8 Å². The number of thiophene rings is 1. The lowest BCUT2D eigenvalue weighted by Crippen LogP contribution is -2.46. The highest BCUT2D eigenvalue weighted by molar-refractivity contribution is 7.09. The van der Waals surface area contributed by atoms with Crippen molar-refractivity contribution in [3.05, 3.63) is 94.2 Å². The molecule has 3 rings (SSSR count). The minimum atomic E-state index is -0.251. The summed E-state index contributed by atoms with van der Waals surface area (Å²) < 4.78 is 5.15. The van der Waals surface area contributed by atoms with Gasteiger partial charge in [0.25, 0.3) is 0 Å². The van der Waals surface area contributed by atoms with Crippen LogP contribution in [0.25, 0.3) is 0 Å². The number of amides is 3. The lowest BCUT2D eigenvalue weighted by molar-refractivity contribution is -0.133. The van der Waals surface area contributed by atoms with Gasteiger partial charge in [0.15, 0.2) is 0 Å². The Kier molecular flexibility index (Phi) is 9.94. The van der Waals surface area contributed by atoms with Crippen LogP contribution in [0.15, 0.2) is 78.2 Å². The van der Waals surface area contributed by atoms with Crippen LogP contribution in [-0.4, -0.2) is 48.5 Å². The zero-order valence-corrected chi connectivity index (χ0v) is 19.8. The molecule has 7 heteroatoms. The highest BCUT2D eigenvalue weighted by atomic mass is 32.1. The quantitative estimate of drug-likeness (QED) is 0.400. The van der Waals surface area contributed by atoms with Crippen molar-refractivity contribution in [1.82, 2.24) is 15.1 Å². The molecule has 0 fully saturated rings. The first-order valence-corrected chi connectivity index (χ1v) is 11.9. The van der Waals surface area contributed by atoms with Crippen LogP contribution >= 0.6 is 11.3 Å². The molecule has 3 amide bonds. The van der Waals surface area contributed by atoms with Gasteiger partial charge in [0.05, 0.1) is 6.54 Å². The molecule has 0 saturated carbocycles. The zero-order valence-electron chi connectivity index (χ0n) is 19.0. The Hall–Kier alpha value is -3.16. The summed E-state index contributed by atoms with van der Waals surface area (Å²) in [6, 6.07) is 23.4. The molecule has 2 aromatic carbocycles. The van der Waals surface area contributed by atoms with Crippen molar-refractivity contribution in [3.8, 4) is 0 Å². The van der Waals surface area contributed by atoms with E-state index in [1.54, 1.807) is 23.3 Å². The van der Waals surface area contributed by atoms with Crippen LogP contribution in [0.4, 0.5) is 4.79 Å². The largest absolute Gasteiger partial charge is 0.385 e. The Labute approximate surface area is 199 Å². The van der Waals surface area contributed by atoms with E-state index >= 15 is 0 Å². The predicted octanol–water partition coefficient (Wildman–Crippen LogP) is 4.53. The van der Waals surface area contributed by atoms with Crippen molar-refractivity contribution in [1.29, 1.82) is 0 Å². The van der Waals surface area contributed by atoms with Crippen LogP contribution in [0.5, 0.6) is 0 Å². The van der Waals surface area contributed by atoms with Crippen molar-refractivity contribution >= 4 is 23.3 Å². The van der Waals surface area contributed by atoms with Gasteiger partial charge in [0.2, 0.25) is 5.91 Å². The molecule has 0 saturated heterocycles. The first-order chi connectivity index (χ1) is 16.2. The number of hydrogen-bond acceptors (Lipinski definition) is 4. The molecule has 1 N–H and O–H groups in total. The van der Waals surface area contributed by atoms with Crippen LogP contribution in [-0.2, 0) is 29.2 Å². The molecule has 174 valence electrons. The van der Waals surface area contributed by atoms with Crippen LogP contribution < -0.4 is 5.32 Å². The topological polar surface area (TPSA) is 61.9 Å². The summed E-state index contributed by atoms with van der Waals surface area (Å²) in [4.78, 5) is 30.8. The monoisotopic (exact) mass is 465 g/mol. The maximum Gasteiger partial charge on any atom is 0.318 e. The van der Waals surface area contributed by atoms with E-state index in [4.69, 9.17) is 4.74 Å². The van der Waals surface area contributed by atoms with Crippen LogP contribution in [0.1, 0.15) is 22.4 Å². The second-order valence-corrected chi connectivity index (χ2v) is 8.76. The molecular formula is C26H31N3O3S. The van der Waals surface area contributed by atoms with E-state index in [0.29, 0.717) is 39.2 Å². The molecule has 0 spiro atoms. The van der Waals surface area contributed by atoms with E-state index in [1.165, 1.54) is 0 Å². The molecule has 6 nitrogen and oxygen atoms in total. The van der Waals surface area contributed by atoms with Crippen LogP contribution in [0.3, 0.4) is 0 Å². The number of nitrogens with one attached hydrogen (secondary N) is 1. The molecule has 1 heterocycles. The molecule has 0 aliphatic rings. The zero-order chi connectivity index (χ0) is 23.3. The molecule has 0 aliphatic carbocycles. The lowest BCUT2D eigenvalue weighted by Gasteiger charge is -2.28. The van der Waals surface area contributed by atoms with Gasteiger partial charge in [-0.2, -0.15) is 0 Å². The summed E-state index contributed by atoms with van der Waals surface area (Å²) in [7, 11) is 1.63. The summed E-state index contributed by atoms with van der Waals surface area (Å²) in [6.07, 6.45) is 0.659. The molecule has 0 radical (unpaired) electrons. The normalized spacial score (nSPS) is 10.6. The SMILES string of the molecule is COCCCN(CC(=O)N(Cc1ccccc1)Cc1cccs1)C(=O)NCc1ccccc1. The van der Waals surface area contributed by atoms with Gasteiger partial charge < -0.3 is 19.9 Å². The molecule has 1 aromatic heterocycles. The third-order valence-electron chi connectivity index (χ3n) is 5.17. The fourth-order valence-corrected chi connectivity index (χ4v) is 4.15. The molecule has 3 aromatic rings. The standard InChI is InChI=1S/C26H31N3O3S/c1-32-16-9-15-28(26(31)27-18-22-10-4-2-5-11-22)21-25(30)29(20-24-14-8-17-33-24)19-23-12-6-3-7-13-23/h2-8,10-14,17H,9,15-16,18-21H2,1H3,(H,27,31). The van der Waals surface area contributed by atoms with E-state index in [2.05, 4.69) is 5.32 Å². The first kappa shape index (κ1) is 24.5. The smallest absolute Gasteiger partial charge is 0.318 e. The Morgan fingerprint density at radius 1 is 0.879 bits per heavy atom. The Morgan fingerprint density at radius 3 is 2.21 bits per heavy atom. The average molecular weight is 466 g/mol. The van der Waals surface area contributed by atoms with Gasteiger partial charge in [-0.25, -0.2) is 4.79 Å². The maximum atomic E-state index is 13.4. The summed E-state index contributed by atoms with van der Waals surface area (Å²) in [5.74, 6) is -0.0838. The number of ether oxygens (including phenoxy) is 1. The van der Waals surface area contributed by atoms with Gasteiger partial charge in [-0.15, -0.1) is 11.3 Å². The predicted molar refractivity (Wildman–Crippen MR) is 132 cm³/mol. The number of urea groups is 1. The van der Waals surface area contributed by atoms with Crippen LogP contribution in [0.2, 0.25) is 0 Å². The van der Waals surface area contributed by atoms with Gasteiger partial charge in [-0.1, -0.05) is 66.7 Å². The second-order valence-electron chi connectivity index (χ2n) is 7.73. The van der Waals surface area contributed by atoms with Crippen molar-refractivity contribution < 1.29 is 14.3 Å². The Bertz CT molecular complexity index is 965. The van der Waals surface area contributed by atoms with E-state index in [-0.39, 0.29) is 18.5 Å². The number of benzene rings is 2. The Morgan fingerprint density at radius 2 is 1.58 bits per heavy atom. The molecule has 0 bridgehead atoms. The van der Waals surface area contributed by atoms with E-state index < -0.39 is 0 Å². The molecular weight excluding hydrogens is 434 g/mol. The second kappa shape index (κ2) is 13.4. The van der Waals surface area contributed by atoms with Crippen molar-refractivity contribution in [2.45, 2.75) is 26.1 Å². The van der Waals surface area contributed by atoms with Gasteiger partial charge in [-0.05, 0) is 29.0 Å². The third-order valence-corrected chi connectivity index (χ3v) is 6.03. The first-order valence-electron chi connectivity index (χ1n) is 11.1. The molecule has 0 aliphatic heterocycles. The maximum absolute atomic E-state index is 13.4. The minimum Gasteiger partial charge on any atom is -0.385 e. The van der Waals surface area contributed by atoms with Gasteiger partial charge in [0.1, 0.15) is 6.54 Å². The van der Waals surface area contributed by atoms with Crippen molar-refractivity contribution in [2.24, 2.45) is 0 Å². The Balaban J connectivity index is 1.68. The average Bonchev–Trinajstić information content (AvgIpc) is 3.36. The van der Waals surface area contributed by atoms with Gasteiger partial charge in [-0.3, -0.25) is 4.79 Å². The summed E-state index contributed by atoms with van der Waals surface area (Å²) in [5.41, 5.74) is 2.07. The number of methoxy groups -OCH3 is 1. The molecule has 33 heavy (non-hydrogen) atoms. The number of carbonyl (C=O) groups is 2. The molecule has 0 atom stereocenters. The number of carbonyl (C=O) groups excluding carboxylic acids is 2. The number of hydrogen-bond donors (Lipinski definition) is 1. The van der Waals surface area contributed by atoms with E-state index in [0.717, 1.165) is 16.0 Å². The lowest BCUT2D eigenvalue weighted by atomic mass is 10.2. The minimum absolute atomic E-state index is 0.0164. The van der Waals surface area contributed by atoms with Gasteiger partial charge in [0, 0.05) is 38.2 Å². The summed E-state index contributed by atoms with van der Waals surface area (Å²) >= 11 is 1.62. The third kappa shape index (κ3) is 8.36. The van der Waals surface area contributed by atoms with E-state index in [1.807, 2.05) is 83.1 Å². The number of nitrogens with zero attached hydrogens (tertiary/aromatic N) is 2. The van der Waals surface area contributed by atoms with E-state index in [9.17, 15) is 9.59 Å². The molecule has 0 unspecified atom stereocenters. The van der Waals surface area contributed by atoms with Crippen LogP contribution in [0, 0.1) is 0 Å².